The molecular formula is C14H19N3O2. The highest BCUT2D eigenvalue weighted by Gasteiger charge is 2.12. The summed E-state index contributed by atoms with van der Waals surface area (Å²) < 4.78 is 4.86. The Labute approximate surface area is 113 Å². The van der Waals surface area contributed by atoms with Gasteiger partial charge in [0.15, 0.2) is 0 Å². The summed E-state index contributed by atoms with van der Waals surface area (Å²) in [6.07, 6.45) is 0. The lowest BCUT2D eigenvalue weighted by atomic mass is 10.1. The van der Waals surface area contributed by atoms with Crippen molar-refractivity contribution in [2.45, 2.75) is 19.5 Å². The molecule has 102 valence electrons. The van der Waals surface area contributed by atoms with Crippen LogP contribution in [0.3, 0.4) is 0 Å². The Balaban J connectivity index is 2.43. The third-order valence-electron chi connectivity index (χ3n) is 2.74. The lowest BCUT2D eigenvalue weighted by Gasteiger charge is -2.14. The van der Waals surface area contributed by atoms with E-state index in [4.69, 9.17) is 10.00 Å². The van der Waals surface area contributed by atoms with Gasteiger partial charge in [-0.15, -0.1) is 0 Å². The van der Waals surface area contributed by atoms with Gasteiger partial charge in [0.05, 0.1) is 24.3 Å². The Hall–Kier alpha value is -1.90. The molecule has 0 heterocycles. The van der Waals surface area contributed by atoms with E-state index in [9.17, 15) is 4.79 Å². The van der Waals surface area contributed by atoms with Crippen LogP contribution in [0.4, 0.5) is 0 Å². The number of amides is 1. The molecule has 0 aliphatic carbocycles. The fraction of sp³-hybridized carbons (Fsp3) is 0.429. The van der Waals surface area contributed by atoms with E-state index in [1.165, 1.54) is 0 Å². The Morgan fingerprint density at radius 2 is 2.21 bits per heavy atom. The molecule has 0 aliphatic heterocycles. The van der Waals surface area contributed by atoms with Crippen LogP contribution in [0.15, 0.2) is 24.3 Å². The van der Waals surface area contributed by atoms with E-state index in [1.807, 2.05) is 18.2 Å². The van der Waals surface area contributed by atoms with Crippen LogP contribution >= 0.6 is 0 Å². The molecule has 2 N–H and O–H groups in total. The van der Waals surface area contributed by atoms with Crippen molar-refractivity contribution >= 4 is 5.91 Å². The van der Waals surface area contributed by atoms with Crippen molar-refractivity contribution in [1.82, 2.24) is 10.6 Å². The van der Waals surface area contributed by atoms with Gasteiger partial charge in [0.2, 0.25) is 5.91 Å². The number of carbonyl (C=O) groups is 1. The van der Waals surface area contributed by atoms with Crippen LogP contribution in [0, 0.1) is 11.3 Å². The van der Waals surface area contributed by atoms with Crippen molar-refractivity contribution in [2.24, 2.45) is 0 Å². The maximum Gasteiger partial charge on any atom is 0.236 e. The molecule has 0 saturated heterocycles. The van der Waals surface area contributed by atoms with Crippen LogP contribution < -0.4 is 10.6 Å². The Morgan fingerprint density at radius 3 is 2.89 bits per heavy atom. The number of methoxy groups -OCH3 is 1. The molecule has 1 atom stereocenters. The molecule has 0 spiro atoms. The summed E-state index contributed by atoms with van der Waals surface area (Å²) in [6, 6.07) is 9.16. The summed E-state index contributed by atoms with van der Waals surface area (Å²) in [5, 5.41) is 14.8. The molecule has 0 radical (unpaired) electrons. The number of nitriles is 1. The van der Waals surface area contributed by atoms with Crippen LogP contribution in [-0.4, -0.2) is 32.2 Å². The monoisotopic (exact) mass is 261 g/mol. The van der Waals surface area contributed by atoms with Crippen LogP contribution in [-0.2, 0) is 16.1 Å². The van der Waals surface area contributed by atoms with Crippen molar-refractivity contribution in [2.75, 3.05) is 20.3 Å². The van der Waals surface area contributed by atoms with Crippen molar-refractivity contribution in [3.05, 3.63) is 35.4 Å². The van der Waals surface area contributed by atoms with Crippen molar-refractivity contribution in [3.8, 4) is 6.07 Å². The molecule has 5 nitrogen and oxygen atoms in total. The second kappa shape index (κ2) is 8.25. The van der Waals surface area contributed by atoms with E-state index >= 15 is 0 Å². The van der Waals surface area contributed by atoms with E-state index < -0.39 is 0 Å². The van der Waals surface area contributed by atoms with Crippen LogP contribution in [0.5, 0.6) is 0 Å². The molecule has 0 fully saturated rings. The van der Waals surface area contributed by atoms with Gasteiger partial charge in [-0.2, -0.15) is 5.26 Å². The van der Waals surface area contributed by atoms with E-state index in [1.54, 1.807) is 20.1 Å². The smallest absolute Gasteiger partial charge is 0.236 e. The first kappa shape index (κ1) is 15.2. The van der Waals surface area contributed by atoms with Crippen LogP contribution in [0.1, 0.15) is 18.1 Å². The molecule has 5 heteroatoms. The predicted octanol–water partition coefficient (Wildman–Crippen LogP) is 0.799. The molecule has 0 saturated carbocycles. The minimum absolute atomic E-state index is 0.0773. The van der Waals surface area contributed by atoms with E-state index in [-0.39, 0.29) is 11.9 Å². The highest BCUT2D eigenvalue weighted by atomic mass is 16.5. The number of ether oxygens (including phenoxy) is 1. The van der Waals surface area contributed by atoms with E-state index in [2.05, 4.69) is 16.7 Å². The molecule has 0 bridgehead atoms. The van der Waals surface area contributed by atoms with Gasteiger partial charge >= 0.3 is 0 Å². The second-order valence-electron chi connectivity index (χ2n) is 4.16. The first-order chi connectivity index (χ1) is 9.19. The van der Waals surface area contributed by atoms with Gasteiger partial charge in [-0.25, -0.2) is 0 Å². The van der Waals surface area contributed by atoms with Crippen molar-refractivity contribution in [1.29, 1.82) is 5.26 Å². The largest absolute Gasteiger partial charge is 0.383 e. The maximum absolute atomic E-state index is 11.7. The zero-order valence-electron chi connectivity index (χ0n) is 11.3. The van der Waals surface area contributed by atoms with Gasteiger partial charge in [-0.3, -0.25) is 4.79 Å². The normalized spacial score (nSPS) is 11.6. The molecular weight excluding hydrogens is 242 g/mol. The van der Waals surface area contributed by atoms with Gasteiger partial charge in [0.1, 0.15) is 0 Å². The standard InChI is InChI=1S/C14H19N3O2/c1-11(14(18)16-7-8-19-2)17-10-13-6-4-3-5-12(13)9-15/h3-6,11,17H,7-8,10H2,1-2H3,(H,16,18). The van der Waals surface area contributed by atoms with Crippen molar-refractivity contribution < 1.29 is 9.53 Å². The molecule has 0 aliphatic rings. The number of rotatable bonds is 7. The average Bonchev–Trinajstić information content (AvgIpc) is 2.45. The fourth-order valence-corrected chi connectivity index (χ4v) is 1.57. The fourth-order valence-electron chi connectivity index (χ4n) is 1.57. The minimum Gasteiger partial charge on any atom is -0.383 e. The number of nitrogens with one attached hydrogen (secondary N) is 2. The Morgan fingerprint density at radius 1 is 1.47 bits per heavy atom. The summed E-state index contributed by atoms with van der Waals surface area (Å²) in [5.74, 6) is -0.0773. The molecule has 1 unspecified atom stereocenters. The lowest BCUT2D eigenvalue weighted by molar-refractivity contribution is -0.122. The molecule has 1 amide bonds. The second-order valence-corrected chi connectivity index (χ2v) is 4.16. The molecule has 19 heavy (non-hydrogen) atoms. The van der Waals surface area contributed by atoms with Gasteiger partial charge in [-0.1, -0.05) is 18.2 Å². The van der Waals surface area contributed by atoms with Gasteiger partial charge in [0, 0.05) is 20.2 Å². The quantitative estimate of drug-likeness (QED) is 0.712. The Bertz CT molecular complexity index is 454. The van der Waals surface area contributed by atoms with Gasteiger partial charge in [0.25, 0.3) is 0 Å². The summed E-state index contributed by atoms with van der Waals surface area (Å²) in [7, 11) is 1.59. The number of hydrogen-bond acceptors (Lipinski definition) is 4. The number of hydrogen-bond donors (Lipinski definition) is 2. The van der Waals surface area contributed by atoms with Crippen molar-refractivity contribution in [3.63, 3.8) is 0 Å². The first-order valence-electron chi connectivity index (χ1n) is 6.17. The summed E-state index contributed by atoms with van der Waals surface area (Å²) in [6.45, 7) is 3.27. The third-order valence-corrected chi connectivity index (χ3v) is 2.74. The average molecular weight is 261 g/mol. The highest BCUT2D eigenvalue weighted by Crippen LogP contribution is 2.06. The maximum atomic E-state index is 11.7. The zero-order valence-corrected chi connectivity index (χ0v) is 11.3. The summed E-state index contributed by atoms with van der Waals surface area (Å²) in [4.78, 5) is 11.7. The van der Waals surface area contributed by atoms with Crippen LogP contribution in [0.2, 0.25) is 0 Å². The minimum atomic E-state index is -0.316. The molecule has 0 aromatic heterocycles. The van der Waals surface area contributed by atoms with Gasteiger partial charge < -0.3 is 15.4 Å². The molecule has 1 rings (SSSR count). The van der Waals surface area contributed by atoms with E-state index in [0.29, 0.717) is 25.3 Å². The highest BCUT2D eigenvalue weighted by molar-refractivity contribution is 5.81. The third kappa shape index (κ3) is 5.08. The number of carbonyl (C=O) groups excluding carboxylic acids is 1. The Kier molecular flexibility index (Phi) is 6.58. The predicted molar refractivity (Wildman–Crippen MR) is 72.3 cm³/mol. The zero-order chi connectivity index (χ0) is 14.1. The van der Waals surface area contributed by atoms with Crippen LogP contribution in [0.25, 0.3) is 0 Å². The topological polar surface area (TPSA) is 74.2 Å². The molecule has 1 aromatic rings. The van der Waals surface area contributed by atoms with E-state index in [0.717, 1.165) is 5.56 Å². The van der Waals surface area contributed by atoms with Gasteiger partial charge in [-0.05, 0) is 18.6 Å². The molecule has 1 aromatic carbocycles. The summed E-state index contributed by atoms with van der Waals surface area (Å²) >= 11 is 0. The summed E-state index contributed by atoms with van der Waals surface area (Å²) in [5.41, 5.74) is 1.52. The lowest BCUT2D eigenvalue weighted by Crippen LogP contribution is -2.42. The SMILES string of the molecule is COCCNC(=O)C(C)NCc1ccccc1C#N. The number of benzene rings is 1. The number of nitrogens with zero attached hydrogens (tertiary/aromatic N) is 1. The first-order valence-corrected chi connectivity index (χ1v) is 6.17.